The largest absolute Gasteiger partial charge is 0.335 e. The normalized spacial score (nSPS) is 18.0. The Bertz CT molecular complexity index is 740. The van der Waals surface area contributed by atoms with E-state index >= 15 is 0 Å². The zero-order valence-corrected chi connectivity index (χ0v) is 12.3. The lowest BCUT2D eigenvalue weighted by molar-refractivity contribution is 0.243. The maximum Gasteiger partial charge on any atom is 0.323 e. The van der Waals surface area contributed by atoms with Gasteiger partial charge in [-0.15, -0.1) is 0 Å². The van der Waals surface area contributed by atoms with Gasteiger partial charge >= 0.3 is 6.03 Å². The Kier molecular flexibility index (Phi) is 3.21. The molecule has 1 N–H and O–H groups in total. The molecule has 2 aliphatic rings. The standard InChI is InChI=1S/C17H18FN3O/c18-13-6-5-11-9-12-7-8-21(16(12)20-15(11)10-13)17(22)19-14-3-1-2-4-14/h5-6,9-10,14H,1-4,7-8H2,(H,19,22). The summed E-state index contributed by atoms with van der Waals surface area (Å²) in [7, 11) is 0. The molecular weight excluding hydrogens is 281 g/mol. The minimum atomic E-state index is -0.306. The molecule has 114 valence electrons. The van der Waals surface area contributed by atoms with E-state index in [9.17, 15) is 9.18 Å². The van der Waals surface area contributed by atoms with Gasteiger partial charge in [-0.3, -0.25) is 4.90 Å². The van der Waals surface area contributed by atoms with Crippen LogP contribution in [-0.2, 0) is 6.42 Å². The fraction of sp³-hybridized carbons (Fsp3) is 0.412. The Morgan fingerprint density at radius 1 is 1.27 bits per heavy atom. The number of nitrogens with one attached hydrogen (secondary N) is 1. The highest BCUT2D eigenvalue weighted by Gasteiger charge is 2.28. The molecule has 0 spiro atoms. The Morgan fingerprint density at radius 3 is 2.91 bits per heavy atom. The highest BCUT2D eigenvalue weighted by Crippen LogP contribution is 2.30. The third kappa shape index (κ3) is 2.30. The first kappa shape index (κ1) is 13.5. The summed E-state index contributed by atoms with van der Waals surface area (Å²) in [5, 5.41) is 4.01. The van der Waals surface area contributed by atoms with Crippen LogP contribution in [0.4, 0.5) is 15.0 Å². The number of aromatic nitrogens is 1. The van der Waals surface area contributed by atoms with Crippen LogP contribution in [0.5, 0.6) is 0 Å². The topological polar surface area (TPSA) is 45.2 Å². The number of benzene rings is 1. The maximum absolute atomic E-state index is 13.4. The predicted molar refractivity (Wildman–Crippen MR) is 83.5 cm³/mol. The van der Waals surface area contributed by atoms with Gasteiger partial charge in [-0.25, -0.2) is 14.2 Å². The number of carbonyl (C=O) groups excluding carboxylic acids is 1. The number of amides is 2. The lowest BCUT2D eigenvalue weighted by Gasteiger charge is -2.20. The summed E-state index contributed by atoms with van der Waals surface area (Å²) in [5.74, 6) is 0.369. The van der Waals surface area contributed by atoms with Gasteiger partial charge < -0.3 is 5.32 Å². The number of pyridine rings is 1. The van der Waals surface area contributed by atoms with E-state index in [1.54, 1.807) is 11.0 Å². The molecule has 1 aliphatic heterocycles. The van der Waals surface area contributed by atoms with Gasteiger partial charge in [0.25, 0.3) is 0 Å². The van der Waals surface area contributed by atoms with E-state index in [4.69, 9.17) is 0 Å². The monoisotopic (exact) mass is 299 g/mol. The molecule has 0 saturated heterocycles. The Balaban J connectivity index is 1.64. The zero-order valence-electron chi connectivity index (χ0n) is 12.3. The Morgan fingerprint density at radius 2 is 2.09 bits per heavy atom. The van der Waals surface area contributed by atoms with Crippen LogP contribution < -0.4 is 10.2 Å². The number of anilines is 1. The molecule has 2 amide bonds. The predicted octanol–water partition coefficient (Wildman–Crippen LogP) is 3.39. The minimum absolute atomic E-state index is 0.0751. The van der Waals surface area contributed by atoms with Gasteiger partial charge in [-0.05, 0) is 43.0 Å². The first-order chi connectivity index (χ1) is 10.7. The maximum atomic E-state index is 13.4. The van der Waals surface area contributed by atoms with E-state index in [1.165, 1.54) is 25.0 Å². The van der Waals surface area contributed by atoms with Gasteiger partial charge in [0, 0.05) is 24.0 Å². The van der Waals surface area contributed by atoms with Crippen molar-refractivity contribution in [3.05, 3.63) is 35.6 Å². The second-order valence-electron chi connectivity index (χ2n) is 6.14. The fourth-order valence-corrected chi connectivity index (χ4v) is 3.45. The van der Waals surface area contributed by atoms with Crippen molar-refractivity contribution in [2.24, 2.45) is 0 Å². The molecule has 0 atom stereocenters. The van der Waals surface area contributed by atoms with Crippen LogP contribution in [0.1, 0.15) is 31.2 Å². The first-order valence-electron chi connectivity index (χ1n) is 7.88. The molecule has 5 heteroatoms. The third-order valence-corrected chi connectivity index (χ3v) is 4.62. The van der Waals surface area contributed by atoms with Gasteiger partial charge in [-0.1, -0.05) is 12.8 Å². The summed E-state index contributed by atoms with van der Waals surface area (Å²) in [6.45, 7) is 0.639. The average molecular weight is 299 g/mol. The SMILES string of the molecule is O=C(NC1CCCC1)N1CCc2cc3ccc(F)cc3nc21. The van der Waals surface area contributed by atoms with Crippen LogP contribution >= 0.6 is 0 Å². The van der Waals surface area contributed by atoms with Crippen LogP contribution in [0.3, 0.4) is 0 Å². The lowest BCUT2D eigenvalue weighted by Crippen LogP contribution is -2.43. The van der Waals surface area contributed by atoms with E-state index in [1.807, 2.05) is 6.07 Å². The number of hydrogen-bond donors (Lipinski definition) is 1. The molecule has 1 aromatic heterocycles. The lowest BCUT2D eigenvalue weighted by atomic mass is 10.1. The molecule has 1 fully saturated rings. The van der Waals surface area contributed by atoms with Gasteiger partial charge in [-0.2, -0.15) is 0 Å². The summed E-state index contributed by atoms with van der Waals surface area (Å²) in [6, 6.07) is 6.82. The van der Waals surface area contributed by atoms with Crippen molar-refractivity contribution in [2.75, 3.05) is 11.4 Å². The number of rotatable bonds is 1. The molecule has 4 nitrogen and oxygen atoms in total. The van der Waals surface area contributed by atoms with E-state index in [2.05, 4.69) is 10.3 Å². The molecule has 1 saturated carbocycles. The highest BCUT2D eigenvalue weighted by molar-refractivity contribution is 5.95. The number of fused-ring (bicyclic) bond motifs is 2. The van der Waals surface area contributed by atoms with Crippen molar-refractivity contribution in [2.45, 2.75) is 38.1 Å². The van der Waals surface area contributed by atoms with Crippen molar-refractivity contribution >= 4 is 22.8 Å². The smallest absolute Gasteiger partial charge is 0.323 e. The van der Waals surface area contributed by atoms with E-state index in [-0.39, 0.29) is 17.9 Å². The summed E-state index contributed by atoms with van der Waals surface area (Å²) in [4.78, 5) is 18.7. The van der Waals surface area contributed by atoms with Gasteiger partial charge in [0.15, 0.2) is 0 Å². The Hall–Kier alpha value is -2.17. The summed E-state index contributed by atoms with van der Waals surface area (Å²) < 4.78 is 13.4. The van der Waals surface area contributed by atoms with Gasteiger partial charge in [0.1, 0.15) is 11.6 Å². The van der Waals surface area contributed by atoms with Crippen LogP contribution in [-0.4, -0.2) is 23.6 Å². The van der Waals surface area contributed by atoms with Crippen LogP contribution in [0.15, 0.2) is 24.3 Å². The molecule has 22 heavy (non-hydrogen) atoms. The van der Waals surface area contributed by atoms with Crippen LogP contribution in [0, 0.1) is 5.82 Å². The molecular formula is C17H18FN3O. The average Bonchev–Trinajstić information content (AvgIpc) is 3.14. The number of nitrogens with zero attached hydrogens (tertiary/aromatic N) is 2. The minimum Gasteiger partial charge on any atom is -0.335 e. The van der Waals surface area contributed by atoms with Crippen molar-refractivity contribution in [1.82, 2.24) is 10.3 Å². The van der Waals surface area contributed by atoms with Crippen LogP contribution in [0.25, 0.3) is 10.9 Å². The number of hydrogen-bond acceptors (Lipinski definition) is 2. The summed E-state index contributed by atoms with van der Waals surface area (Å²) >= 11 is 0. The zero-order chi connectivity index (χ0) is 15.1. The molecule has 2 aromatic rings. The first-order valence-corrected chi connectivity index (χ1v) is 7.88. The van der Waals surface area contributed by atoms with E-state index < -0.39 is 0 Å². The number of urea groups is 1. The van der Waals surface area contributed by atoms with Crippen molar-refractivity contribution in [1.29, 1.82) is 0 Å². The molecule has 2 heterocycles. The molecule has 0 radical (unpaired) electrons. The second kappa shape index (κ2) is 5.23. The highest BCUT2D eigenvalue weighted by atomic mass is 19.1. The van der Waals surface area contributed by atoms with Gasteiger partial charge in [0.05, 0.1) is 5.52 Å². The molecule has 0 bridgehead atoms. The molecule has 1 aliphatic carbocycles. The van der Waals surface area contributed by atoms with E-state index in [0.717, 1.165) is 30.2 Å². The Labute approximate surface area is 128 Å². The van der Waals surface area contributed by atoms with Crippen LogP contribution in [0.2, 0.25) is 0 Å². The van der Waals surface area contributed by atoms with Crippen molar-refractivity contribution < 1.29 is 9.18 Å². The van der Waals surface area contributed by atoms with Gasteiger partial charge in [0.2, 0.25) is 0 Å². The molecule has 4 rings (SSSR count). The summed E-state index contributed by atoms with van der Waals surface area (Å²) in [6.07, 6.45) is 5.28. The van der Waals surface area contributed by atoms with E-state index in [0.29, 0.717) is 17.9 Å². The molecule has 0 unspecified atom stereocenters. The third-order valence-electron chi connectivity index (χ3n) is 4.62. The summed E-state index contributed by atoms with van der Waals surface area (Å²) in [5.41, 5.74) is 1.65. The number of carbonyl (C=O) groups is 1. The quantitative estimate of drug-likeness (QED) is 0.877. The molecule has 1 aromatic carbocycles. The fourth-order valence-electron chi connectivity index (χ4n) is 3.45. The second-order valence-corrected chi connectivity index (χ2v) is 6.14. The van der Waals surface area contributed by atoms with Crippen molar-refractivity contribution in [3.63, 3.8) is 0 Å². The number of halogens is 1. The van der Waals surface area contributed by atoms with Crippen molar-refractivity contribution in [3.8, 4) is 0 Å².